The maximum absolute atomic E-state index is 11.9. The third-order valence-electron chi connectivity index (χ3n) is 4.28. The minimum Gasteiger partial charge on any atom is -0.353 e. The second kappa shape index (κ2) is 6.90. The molecule has 1 spiro atoms. The molecular weight excluding hydrogens is 286 g/mol. The van der Waals surface area contributed by atoms with Gasteiger partial charge in [-0.2, -0.15) is 11.3 Å². The normalized spacial score (nSPS) is 24.3. The quantitative estimate of drug-likeness (QED) is 0.910. The number of thiophene rings is 1. The lowest BCUT2D eigenvalue weighted by atomic mass is 9.94. The van der Waals surface area contributed by atoms with Crippen LogP contribution in [-0.2, 0) is 20.7 Å². The fraction of sp³-hybridized carbons (Fsp3) is 0.688. The first-order chi connectivity index (χ1) is 10.3. The van der Waals surface area contributed by atoms with Crippen LogP contribution >= 0.6 is 11.3 Å². The molecule has 2 aliphatic rings. The summed E-state index contributed by atoms with van der Waals surface area (Å²) in [6.07, 6.45) is 6.98. The zero-order valence-corrected chi connectivity index (χ0v) is 13.1. The highest BCUT2D eigenvalue weighted by molar-refractivity contribution is 7.07. The van der Waals surface area contributed by atoms with Crippen molar-refractivity contribution < 1.29 is 14.3 Å². The largest absolute Gasteiger partial charge is 0.353 e. The second-order valence-corrected chi connectivity index (χ2v) is 6.74. The summed E-state index contributed by atoms with van der Waals surface area (Å²) in [4.78, 5) is 11.9. The summed E-state index contributed by atoms with van der Waals surface area (Å²) in [6, 6.07) is 2.07. The highest BCUT2D eigenvalue weighted by Gasteiger charge is 2.42. The molecule has 2 fully saturated rings. The van der Waals surface area contributed by atoms with Gasteiger partial charge in [0.25, 0.3) is 0 Å². The van der Waals surface area contributed by atoms with E-state index in [2.05, 4.69) is 16.8 Å². The van der Waals surface area contributed by atoms with Crippen LogP contribution in [0.1, 0.15) is 44.1 Å². The molecular formula is C16H23NO3S. The maximum atomic E-state index is 11.9. The van der Waals surface area contributed by atoms with Crippen LogP contribution in [0.25, 0.3) is 0 Å². The number of hydrogen-bond donors (Lipinski definition) is 1. The maximum Gasteiger partial charge on any atom is 0.220 e. The van der Waals surface area contributed by atoms with E-state index in [-0.39, 0.29) is 17.8 Å². The first-order valence-electron chi connectivity index (χ1n) is 7.85. The molecule has 1 aliphatic heterocycles. The van der Waals surface area contributed by atoms with Crippen molar-refractivity contribution in [2.24, 2.45) is 0 Å². The van der Waals surface area contributed by atoms with Crippen LogP contribution in [0.15, 0.2) is 16.8 Å². The first kappa shape index (κ1) is 15.0. The van der Waals surface area contributed by atoms with Crippen molar-refractivity contribution in [1.82, 2.24) is 5.32 Å². The van der Waals surface area contributed by atoms with Gasteiger partial charge >= 0.3 is 0 Å². The molecule has 0 radical (unpaired) electrons. The van der Waals surface area contributed by atoms with Crippen molar-refractivity contribution in [2.45, 2.75) is 56.8 Å². The van der Waals surface area contributed by atoms with E-state index in [4.69, 9.17) is 9.47 Å². The molecule has 3 rings (SSSR count). The van der Waals surface area contributed by atoms with Gasteiger partial charge in [0.1, 0.15) is 6.10 Å². The van der Waals surface area contributed by atoms with E-state index in [1.807, 2.05) is 5.38 Å². The van der Waals surface area contributed by atoms with Gasteiger partial charge in [-0.25, -0.2) is 0 Å². The van der Waals surface area contributed by atoms with Gasteiger partial charge in [0.15, 0.2) is 5.79 Å². The van der Waals surface area contributed by atoms with Gasteiger partial charge in [0.2, 0.25) is 5.91 Å². The van der Waals surface area contributed by atoms with Crippen molar-refractivity contribution in [2.75, 3.05) is 13.2 Å². The van der Waals surface area contributed by atoms with Gasteiger partial charge < -0.3 is 14.8 Å². The number of hydrogen-bond acceptors (Lipinski definition) is 4. The monoisotopic (exact) mass is 309 g/mol. The van der Waals surface area contributed by atoms with E-state index in [1.54, 1.807) is 11.3 Å². The Morgan fingerprint density at radius 3 is 3.00 bits per heavy atom. The molecule has 1 aromatic rings. The molecule has 1 atom stereocenters. The van der Waals surface area contributed by atoms with Crippen molar-refractivity contribution in [3.8, 4) is 0 Å². The van der Waals surface area contributed by atoms with Crippen LogP contribution in [0, 0.1) is 0 Å². The van der Waals surface area contributed by atoms with E-state index in [9.17, 15) is 4.79 Å². The Hall–Kier alpha value is -0.910. The molecule has 0 bridgehead atoms. The summed E-state index contributed by atoms with van der Waals surface area (Å²) < 4.78 is 11.9. The van der Waals surface area contributed by atoms with Crippen molar-refractivity contribution in [3.63, 3.8) is 0 Å². The molecule has 1 saturated heterocycles. The average Bonchev–Trinajstić information content (AvgIpc) is 3.14. The fourth-order valence-corrected chi connectivity index (χ4v) is 3.78. The van der Waals surface area contributed by atoms with Gasteiger partial charge in [-0.15, -0.1) is 0 Å². The van der Waals surface area contributed by atoms with Crippen LogP contribution in [-0.4, -0.2) is 30.9 Å². The molecule has 1 saturated carbocycles. The van der Waals surface area contributed by atoms with Crippen molar-refractivity contribution in [3.05, 3.63) is 22.4 Å². The third-order valence-corrected chi connectivity index (χ3v) is 5.01. The first-order valence-corrected chi connectivity index (χ1v) is 8.80. The van der Waals surface area contributed by atoms with Crippen molar-refractivity contribution in [1.29, 1.82) is 0 Å². The van der Waals surface area contributed by atoms with Crippen LogP contribution in [0.5, 0.6) is 0 Å². The molecule has 1 aromatic heterocycles. The van der Waals surface area contributed by atoms with Crippen LogP contribution in [0.4, 0.5) is 0 Å². The number of nitrogens with one attached hydrogen (secondary N) is 1. The lowest BCUT2D eigenvalue weighted by Crippen LogP contribution is -2.37. The van der Waals surface area contributed by atoms with Gasteiger partial charge in [-0.05, 0) is 41.7 Å². The molecule has 4 nitrogen and oxygen atoms in total. The molecule has 2 heterocycles. The van der Waals surface area contributed by atoms with Crippen LogP contribution in [0.3, 0.4) is 0 Å². The molecule has 0 unspecified atom stereocenters. The Kier molecular flexibility index (Phi) is 4.93. The number of ether oxygens (including phenoxy) is 2. The highest BCUT2D eigenvalue weighted by atomic mass is 32.1. The summed E-state index contributed by atoms with van der Waals surface area (Å²) in [5, 5.41) is 7.10. The topological polar surface area (TPSA) is 47.6 Å². The number of carbonyl (C=O) groups excluding carboxylic acids is 1. The predicted molar refractivity (Wildman–Crippen MR) is 82.3 cm³/mol. The fourth-order valence-electron chi connectivity index (χ4n) is 3.08. The SMILES string of the molecule is O=C(CCc1ccsc1)NC[C@@H]1COC2(CCCCC2)O1. The molecule has 1 amide bonds. The zero-order valence-electron chi connectivity index (χ0n) is 12.3. The lowest BCUT2D eigenvalue weighted by molar-refractivity contribution is -0.186. The van der Waals surface area contributed by atoms with E-state index in [0.717, 1.165) is 19.3 Å². The molecule has 1 aliphatic carbocycles. The van der Waals surface area contributed by atoms with Gasteiger partial charge in [-0.1, -0.05) is 6.42 Å². The molecule has 5 heteroatoms. The Morgan fingerprint density at radius 1 is 1.38 bits per heavy atom. The van der Waals surface area contributed by atoms with E-state index < -0.39 is 0 Å². The molecule has 116 valence electrons. The summed E-state index contributed by atoms with van der Waals surface area (Å²) in [7, 11) is 0. The Bertz CT molecular complexity index is 454. The Labute approximate surface area is 129 Å². The van der Waals surface area contributed by atoms with Gasteiger partial charge in [0.05, 0.1) is 6.61 Å². The predicted octanol–water partition coefficient (Wildman–Crippen LogP) is 2.87. The minimum atomic E-state index is -0.343. The number of amides is 1. The average molecular weight is 309 g/mol. The Balaban J connectivity index is 1.36. The van der Waals surface area contributed by atoms with E-state index in [0.29, 0.717) is 19.6 Å². The summed E-state index contributed by atoms with van der Waals surface area (Å²) in [6.45, 7) is 1.16. The zero-order chi connectivity index (χ0) is 14.5. The van der Waals surface area contributed by atoms with E-state index >= 15 is 0 Å². The highest BCUT2D eigenvalue weighted by Crippen LogP contribution is 2.37. The number of rotatable bonds is 5. The molecule has 21 heavy (non-hydrogen) atoms. The summed E-state index contributed by atoms with van der Waals surface area (Å²) in [5.41, 5.74) is 1.23. The van der Waals surface area contributed by atoms with Crippen LogP contribution in [0.2, 0.25) is 0 Å². The van der Waals surface area contributed by atoms with E-state index in [1.165, 1.54) is 24.8 Å². The van der Waals surface area contributed by atoms with Crippen LogP contribution < -0.4 is 5.32 Å². The smallest absolute Gasteiger partial charge is 0.220 e. The second-order valence-electron chi connectivity index (χ2n) is 5.96. The van der Waals surface area contributed by atoms with Gasteiger partial charge in [-0.3, -0.25) is 4.79 Å². The number of aryl methyl sites for hydroxylation is 1. The third kappa shape index (κ3) is 4.05. The standard InChI is InChI=1S/C16H23NO3S/c18-15(5-4-13-6-9-21-12-13)17-10-14-11-19-16(20-14)7-2-1-3-8-16/h6,9,12,14H,1-5,7-8,10-11H2,(H,17,18)/t14-/m1/s1. The minimum absolute atomic E-state index is 0.00759. The molecule has 0 aromatic carbocycles. The lowest BCUT2D eigenvalue weighted by Gasteiger charge is -2.31. The van der Waals surface area contributed by atoms with Crippen molar-refractivity contribution >= 4 is 17.2 Å². The summed E-state index contributed by atoms with van der Waals surface area (Å²) in [5.74, 6) is -0.251. The summed E-state index contributed by atoms with van der Waals surface area (Å²) >= 11 is 1.67. The number of carbonyl (C=O) groups is 1. The molecule has 1 N–H and O–H groups in total. The van der Waals surface area contributed by atoms with Gasteiger partial charge in [0, 0.05) is 25.8 Å². The Morgan fingerprint density at radius 2 is 2.24 bits per heavy atom.